The van der Waals surface area contributed by atoms with E-state index in [0.29, 0.717) is 17.9 Å². The number of aromatic hydroxyl groups is 1. The lowest BCUT2D eigenvalue weighted by molar-refractivity contribution is -0.178. The van der Waals surface area contributed by atoms with Gasteiger partial charge in [0.25, 0.3) is 5.91 Å². The Bertz CT molecular complexity index is 1450. The van der Waals surface area contributed by atoms with Crippen molar-refractivity contribution in [2.75, 3.05) is 0 Å². The summed E-state index contributed by atoms with van der Waals surface area (Å²) >= 11 is 0. The number of esters is 1. The number of aliphatic hydroxyl groups is 3. The first-order valence-electron chi connectivity index (χ1n) is 15.4. The molecule has 1 aromatic rings. The molecule has 2 bridgehead atoms. The van der Waals surface area contributed by atoms with E-state index in [1.165, 1.54) is 44.6 Å². The number of nitrogens with two attached hydrogens (primary N) is 1. The van der Waals surface area contributed by atoms with Gasteiger partial charge in [-0.25, -0.2) is 0 Å². The molecular weight excluding hydrogens is 554 g/mol. The predicted octanol–water partition coefficient (Wildman–Crippen LogP) is 3.89. The van der Waals surface area contributed by atoms with E-state index in [-0.39, 0.29) is 23.3 Å². The van der Waals surface area contributed by atoms with E-state index in [2.05, 4.69) is 0 Å². The number of ketones is 2. The molecule has 43 heavy (non-hydrogen) atoms. The maximum Gasteiger partial charge on any atom is 0.306 e. The Balaban J connectivity index is 1.33. The number of phenolic OH excluding ortho intramolecular Hbond substituents is 1. The predicted molar refractivity (Wildman–Crippen MR) is 153 cm³/mol. The maximum absolute atomic E-state index is 14.0. The van der Waals surface area contributed by atoms with Gasteiger partial charge in [0.2, 0.25) is 5.78 Å². The second kappa shape index (κ2) is 10.8. The van der Waals surface area contributed by atoms with Crippen LogP contribution in [0.5, 0.6) is 5.75 Å². The highest BCUT2D eigenvalue weighted by Crippen LogP contribution is 2.56. The van der Waals surface area contributed by atoms with Crippen LogP contribution in [0.2, 0.25) is 0 Å². The third kappa shape index (κ3) is 4.65. The van der Waals surface area contributed by atoms with Crippen LogP contribution >= 0.6 is 0 Å². The Morgan fingerprint density at radius 2 is 1.77 bits per heavy atom. The van der Waals surface area contributed by atoms with Crippen molar-refractivity contribution < 1.29 is 44.3 Å². The van der Waals surface area contributed by atoms with Crippen molar-refractivity contribution >= 4 is 29.2 Å². The zero-order chi connectivity index (χ0) is 30.8. The van der Waals surface area contributed by atoms with Crippen molar-refractivity contribution in [1.82, 2.24) is 0 Å². The molecule has 10 heteroatoms. The fourth-order valence-corrected chi connectivity index (χ4v) is 8.93. The monoisotopic (exact) mass is 593 g/mol. The quantitative estimate of drug-likeness (QED) is 0.241. The van der Waals surface area contributed by atoms with Gasteiger partial charge in [-0.1, -0.05) is 38.3 Å². The van der Waals surface area contributed by atoms with E-state index >= 15 is 0 Å². The number of amides is 1. The normalized spacial score (nSPS) is 35.2. The van der Waals surface area contributed by atoms with Crippen LogP contribution in [0.4, 0.5) is 0 Å². The highest BCUT2D eigenvalue weighted by Gasteiger charge is 2.66. The largest absolute Gasteiger partial charge is 0.508 e. The summed E-state index contributed by atoms with van der Waals surface area (Å²) in [7, 11) is 0. The fraction of sp³-hybridized carbons (Fsp3) is 0.576. The van der Waals surface area contributed by atoms with Gasteiger partial charge in [-0.3, -0.25) is 19.2 Å². The molecule has 0 saturated heterocycles. The highest BCUT2D eigenvalue weighted by atomic mass is 16.5. The minimum Gasteiger partial charge on any atom is -0.508 e. The average molecular weight is 594 g/mol. The highest BCUT2D eigenvalue weighted by molar-refractivity contribution is 6.23. The number of hydrogen-bond acceptors (Lipinski definition) is 9. The van der Waals surface area contributed by atoms with E-state index in [1.54, 1.807) is 19.1 Å². The van der Waals surface area contributed by atoms with Crippen LogP contribution in [0.3, 0.4) is 0 Å². The van der Waals surface area contributed by atoms with E-state index in [4.69, 9.17) is 10.5 Å². The number of ether oxygens (including phenoxy) is 1. The molecule has 0 heterocycles. The summed E-state index contributed by atoms with van der Waals surface area (Å²) in [6.07, 6.45) is 7.21. The second-order valence-corrected chi connectivity index (χ2v) is 13.3. The van der Waals surface area contributed by atoms with Crippen LogP contribution in [0.1, 0.15) is 88.2 Å². The molecule has 10 nitrogen and oxygen atoms in total. The van der Waals surface area contributed by atoms with Crippen molar-refractivity contribution in [2.45, 2.75) is 88.8 Å². The van der Waals surface area contributed by atoms with Crippen LogP contribution in [-0.4, -0.2) is 55.6 Å². The lowest BCUT2D eigenvalue weighted by Crippen LogP contribution is -2.64. The molecule has 7 atom stereocenters. The Hall–Kier alpha value is -3.66. The molecule has 0 radical (unpaired) electrons. The first kappa shape index (κ1) is 29.4. The third-order valence-electron chi connectivity index (χ3n) is 10.8. The molecule has 0 aliphatic heterocycles. The molecule has 0 aromatic heterocycles. The van der Waals surface area contributed by atoms with Crippen molar-refractivity contribution in [3.8, 4) is 5.75 Å². The molecule has 0 spiro atoms. The minimum absolute atomic E-state index is 0.00976. The molecule has 2 unspecified atom stereocenters. The maximum atomic E-state index is 14.0. The number of fused-ring (bicyclic) bond motifs is 5. The molecule has 1 aromatic carbocycles. The number of benzene rings is 1. The number of carbonyl (C=O) groups is 4. The first-order valence-corrected chi connectivity index (χ1v) is 15.4. The Morgan fingerprint density at radius 1 is 1.07 bits per heavy atom. The number of Topliss-reactive ketones (excluding diaryl/α,β-unsaturated/α-hetero) is 2. The number of carbonyl (C=O) groups excluding carboxylic acids is 4. The van der Waals surface area contributed by atoms with Gasteiger partial charge in [0.1, 0.15) is 28.9 Å². The Morgan fingerprint density at radius 3 is 2.44 bits per heavy atom. The van der Waals surface area contributed by atoms with E-state index < -0.39 is 76.4 Å². The van der Waals surface area contributed by atoms with Gasteiger partial charge in [0.05, 0.1) is 5.56 Å². The smallest absolute Gasteiger partial charge is 0.306 e. The molecule has 230 valence electrons. The summed E-state index contributed by atoms with van der Waals surface area (Å²) in [4.78, 5) is 52.4. The SMILES string of the molecule is C[C@H]1c2cccc(O)c2C(O)=C2C(=O)[C@]3(O)C(O)=C(C(N)=O)C(=O)C[C@@H]3[C@@H](OC(=O)CCCC3CC4CCCC(C3)C4)[C@@H]21. The van der Waals surface area contributed by atoms with Gasteiger partial charge in [-0.15, -0.1) is 0 Å². The van der Waals surface area contributed by atoms with Gasteiger partial charge in [0, 0.05) is 30.3 Å². The van der Waals surface area contributed by atoms with Crippen LogP contribution in [0.15, 0.2) is 35.1 Å². The minimum atomic E-state index is -2.86. The Labute approximate surface area is 249 Å². The zero-order valence-electron chi connectivity index (χ0n) is 24.3. The van der Waals surface area contributed by atoms with Gasteiger partial charge < -0.3 is 30.9 Å². The molecule has 6 rings (SSSR count). The average Bonchev–Trinajstić information content (AvgIpc) is 2.94. The van der Waals surface area contributed by atoms with E-state index in [1.807, 2.05) is 0 Å². The van der Waals surface area contributed by atoms with Gasteiger partial charge >= 0.3 is 5.97 Å². The Kier molecular flexibility index (Phi) is 7.39. The summed E-state index contributed by atoms with van der Waals surface area (Å²) in [5, 5.41) is 44.8. The number of aliphatic hydroxyl groups excluding tert-OH is 2. The first-order chi connectivity index (χ1) is 20.4. The number of hydrogen-bond donors (Lipinski definition) is 5. The standard InChI is InChI=1S/C33H39NO9/c1-15-19-8-4-9-21(35)25(19)28(38)27-24(15)29(20-14-22(36)26(32(34)41)30(39)33(20,42)31(27)40)43-23(37)10-3-7-18-12-16-5-2-6-17(11-16)13-18/h4,8-9,15-18,20,24,29,35,38-39,42H,2-3,5-7,10-14H2,1H3,(H2,34,41)/t15-,16?,17?,18?,20+,24+,29+,33+/m0/s1. The lowest BCUT2D eigenvalue weighted by Gasteiger charge is -2.51. The van der Waals surface area contributed by atoms with Gasteiger partial charge in [-0.05, 0) is 67.4 Å². The van der Waals surface area contributed by atoms with Crippen molar-refractivity contribution in [1.29, 1.82) is 0 Å². The summed E-state index contributed by atoms with van der Waals surface area (Å²) in [6.45, 7) is 1.74. The number of primary amides is 1. The summed E-state index contributed by atoms with van der Waals surface area (Å²) in [5.74, 6) is -6.98. The van der Waals surface area contributed by atoms with Crippen molar-refractivity contribution in [3.05, 3.63) is 46.2 Å². The van der Waals surface area contributed by atoms with Crippen LogP contribution in [0.25, 0.3) is 5.76 Å². The summed E-state index contributed by atoms with van der Waals surface area (Å²) in [5.41, 5.74) is 1.69. The molecule has 5 aliphatic carbocycles. The molecular formula is C33H39NO9. The topological polar surface area (TPSA) is 184 Å². The third-order valence-corrected chi connectivity index (χ3v) is 10.8. The van der Waals surface area contributed by atoms with Crippen LogP contribution in [0, 0.1) is 29.6 Å². The lowest BCUT2D eigenvalue weighted by atomic mass is 9.55. The molecule has 6 N–H and O–H groups in total. The zero-order valence-corrected chi connectivity index (χ0v) is 24.3. The van der Waals surface area contributed by atoms with Gasteiger partial charge in [0.15, 0.2) is 11.4 Å². The number of phenols is 1. The summed E-state index contributed by atoms with van der Waals surface area (Å²) in [6, 6.07) is 4.60. The van der Waals surface area contributed by atoms with Crippen molar-refractivity contribution in [3.63, 3.8) is 0 Å². The van der Waals surface area contributed by atoms with Crippen LogP contribution in [-0.2, 0) is 23.9 Å². The van der Waals surface area contributed by atoms with Crippen molar-refractivity contribution in [2.24, 2.45) is 35.3 Å². The molecule has 5 aliphatic rings. The second-order valence-electron chi connectivity index (χ2n) is 13.3. The van der Waals surface area contributed by atoms with Crippen LogP contribution < -0.4 is 5.73 Å². The fourth-order valence-electron chi connectivity index (χ4n) is 8.93. The van der Waals surface area contributed by atoms with E-state index in [0.717, 1.165) is 18.3 Å². The summed E-state index contributed by atoms with van der Waals surface area (Å²) < 4.78 is 6.00. The van der Waals surface area contributed by atoms with Gasteiger partial charge in [-0.2, -0.15) is 0 Å². The number of rotatable bonds is 6. The molecule has 3 fully saturated rings. The van der Waals surface area contributed by atoms with E-state index in [9.17, 15) is 39.6 Å². The molecule has 3 saturated carbocycles. The molecule has 1 amide bonds.